The highest BCUT2D eigenvalue weighted by Gasteiger charge is 2.28. The van der Waals surface area contributed by atoms with E-state index in [2.05, 4.69) is 39.4 Å². The zero-order chi connectivity index (χ0) is 21.5. The number of piperazine rings is 1. The Morgan fingerprint density at radius 1 is 1.00 bits per heavy atom. The first-order valence-corrected chi connectivity index (χ1v) is 10.5. The maximum Gasteiger partial charge on any atom is 0.243 e. The Labute approximate surface area is 179 Å². The number of nitrogens with zero attached hydrogens (tertiary/aromatic N) is 3. The van der Waals surface area contributed by atoms with Gasteiger partial charge in [0.2, 0.25) is 11.8 Å². The molecule has 6 nitrogen and oxygen atoms in total. The number of likely N-dealkylation sites (N-methyl/N-ethyl adjacent to an activating group) is 1. The van der Waals surface area contributed by atoms with Crippen molar-refractivity contribution in [1.82, 2.24) is 14.7 Å². The molecule has 1 heterocycles. The number of amides is 2. The van der Waals surface area contributed by atoms with Crippen molar-refractivity contribution in [1.29, 1.82) is 0 Å². The number of rotatable bonds is 7. The van der Waals surface area contributed by atoms with Gasteiger partial charge < -0.3 is 10.2 Å². The molecule has 1 N–H and O–H groups in total. The third kappa shape index (κ3) is 6.15. The van der Waals surface area contributed by atoms with Gasteiger partial charge in [0.25, 0.3) is 0 Å². The van der Waals surface area contributed by atoms with Crippen LogP contribution in [0, 0.1) is 6.92 Å². The van der Waals surface area contributed by atoms with Crippen LogP contribution in [0.3, 0.4) is 0 Å². The normalized spacial score (nSPS) is 16.1. The Kier molecular flexibility index (Phi) is 7.60. The van der Waals surface area contributed by atoms with Gasteiger partial charge in [-0.15, -0.1) is 0 Å². The molecule has 1 fully saturated rings. The van der Waals surface area contributed by atoms with E-state index >= 15 is 0 Å². The monoisotopic (exact) mass is 408 g/mol. The van der Waals surface area contributed by atoms with Crippen LogP contribution in [0.1, 0.15) is 18.1 Å². The van der Waals surface area contributed by atoms with E-state index in [0.29, 0.717) is 0 Å². The Morgan fingerprint density at radius 3 is 2.27 bits per heavy atom. The summed E-state index contributed by atoms with van der Waals surface area (Å²) in [5, 5.41) is 2.85. The molecule has 1 atom stereocenters. The molecule has 1 aliphatic rings. The number of anilines is 1. The van der Waals surface area contributed by atoms with Crippen LogP contribution in [0.4, 0.5) is 5.69 Å². The van der Waals surface area contributed by atoms with E-state index in [9.17, 15) is 9.59 Å². The number of carbonyl (C=O) groups is 2. The van der Waals surface area contributed by atoms with Gasteiger partial charge in [-0.2, -0.15) is 0 Å². The Balaban J connectivity index is 1.44. The highest BCUT2D eigenvalue weighted by Crippen LogP contribution is 2.12. The third-order valence-corrected chi connectivity index (χ3v) is 5.65. The fourth-order valence-corrected chi connectivity index (χ4v) is 3.76. The topological polar surface area (TPSA) is 55.9 Å². The molecule has 0 radical (unpaired) electrons. The molecule has 0 unspecified atom stereocenters. The maximum absolute atomic E-state index is 12.8. The van der Waals surface area contributed by atoms with E-state index in [1.807, 2.05) is 44.2 Å². The van der Waals surface area contributed by atoms with Crippen molar-refractivity contribution in [2.24, 2.45) is 0 Å². The zero-order valence-corrected chi connectivity index (χ0v) is 18.2. The lowest BCUT2D eigenvalue weighted by Crippen LogP contribution is -2.54. The summed E-state index contributed by atoms with van der Waals surface area (Å²) in [5.41, 5.74) is 3.20. The van der Waals surface area contributed by atoms with Gasteiger partial charge in [0.05, 0.1) is 12.6 Å². The first kappa shape index (κ1) is 22.0. The van der Waals surface area contributed by atoms with E-state index in [1.165, 1.54) is 10.5 Å². The summed E-state index contributed by atoms with van der Waals surface area (Å²) in [7, 11) is 1.69. The summed E-state index contributed by atoms with van der Waals surface area (Å²) in [6.45, 7) is 8.49. The molecule has 160 valence electrons. The second kappa shape index (κ2) is 10.4. The van der Waals surface area contributed by atoms with Crippen LogP contribution in [0.15, 0.2) is 54.6 Å². The van der Waals surface area contributed by atoms with Crippen LogP contribution in [-0.2, 0) is 16.1 Å². The predicted molar refractivity (Wildman–Crippen MR) is 120 cm³/mol. The zero-order valence-electron chi connectivity index (χ0n) is 18.2. The van der Waals surface area contributed by atoms with Gasteiger partial charge in [-0.25, -0.2) is 0 Å². The molecule has 0 saturated carbocycles. The van der Waals surface area contributed by atoms with Crippen LogP contribution in [0.5, 0.6) is 0 Å². The Morgan fingerprint density at radius 2 is 1.63 bits per heavy atom. The van der Waals surface area contributed by atoms with Crippen molar-refractivity contribution in [3.63, 3.8) is 0 Å². The molecular formula is C24H32N4O2. The average Bonchev–Trinajstić information content (AvgIpc) is 2.75. The molecule has 2 aromatic rings. The molecule has 2 amide bonds. The first-order valence-electron chi connectivity index (χ1n) is 10.5. The standard InChI is InChI=1S/C24H32N4O2/c1-19-9-11-22(12-10-19)25-23(29)18-26(3)24(30)20(2)28-15-13-27(14-16-28)17-21-7-5-4-6-8-21/h4-12,20H,13-18H2,1-3H3,(H,25,29)/t20-/m1/s1. The number of nitrogens with one attached hydrogen (secondary N) is 1. The average molecular weight is 409 g/mol. The van der Waals surface area contributed by atoms with Gasteiger partial charge in [-0.1, -0.05) is 48.0 Å². The Hall–Kier alpha value is -2.70. The summed E-state index contributed by atoms with van der Waals surface area (Å²) in [6.07, 6.45) is 0. The fourth-order valence-electron chi connectivity index (χ4n) is 3.76. The predicted octanol–water partition coefficient (Wildman–Crippen LogP) is 2.60. The molecule has 2 aromatic carbocycles. The quantitative estimate of drug-likeness (QED) is 0.765. The van der Waals surface area contributed by atoms with Crippen molar-refractivity contribution in [3.8, 4) is 0 Å². The minimum atomic E-state index is -0.235. The maximum atomic E-state index is 12.8. The molecule has 1 aliphatic heterocycles. The first-order chi connectivity index (χ1) is 14.4. The summed E-state index contributed by atoms with van der Waals surface area (Å²) in [6, 6.07) is 17.9. The number of aryl methyl sites for hydroxylation is 1. The molecule has 0 bridgehead atoms. The lowest BCUT2D eigenvalue weighted by molar-refractivity contribution is -0.138. The van der Waals surface area contributed by atoms with Gasteiger partial charge in [-0.3, -0.25) is 19.4 Å². The second-order valence-electron chi connectivity index (χ2n) is 8.08. The molecule has 1 saturated heterocycles. The fraction of sp³-hybridized carbons (Fsp3) is 0.417. The molecular weight excluding hydrogens is 376 g/mol. The largest absolute Gasteiger partial charge is 0.335 e. The lowest BCUT2D eigenvalue weighted by Gasteiger charge is -2.38. The molecule has 0 spiro atoms. The second-order valence-corrected chi connectivity index (χ2v) is 8.08. The molecule has 3 rings (SSSR count). The van der Waals surface area contributed by atoms with Gasteiger partial charge >= 0.3 is 0 Å². The SMILES string of the molecule is Cc1ccc(NC(=O)CN(C)C(=O)[C@@H](C)N2CCN(Cc3ccccc3)CC2)cc1. The lowest BCUT2D eigenvalue weighted by atomic mass is 10.1. The summed E-state index contributed by atoms with van der Waals surface area (Å²) in [5.74, 6) is -0.208. The van der Waals surface area contributed by atoms with Crippen LogP contribution in [0.25, 0.3) is 0 Å². The minimum absolute atomic E-state index is 0.0226. The van der Waals surface area contributed by atoms with Gasteiger partial charge in [0, 0.05) is 45.5 Å². The van der Waals surface area contributed by atoms with Crippen LogP contribution in [-0.4, -0.2) is 72.3 Å². The molecule has 0 aliphatic carbocycles. The third-order valence-electron chi connectivity index (χ3n) is 5.65. The number of carbonyl (C=O) groups excluding carboxylic acids is 2. The van der Waals surface area contributed by atoms with Gasteiger partial charge in [0.15, 0.2) is 0 Å². The van der Waals surface area contributed by atoms with Crippen molar-refractivity contribution >= 4 is 17.5 Å². The Bertz CT molecular complexity index is 830. The molecule has 6 heteroatoms. The van der Waals surface area contributed by atoms with Crippen LogP contribution in [0.2, 0.25) is 0 Å². The van der Waals surface area contributed by atoms with Crippen molar-refractivity contribution < 1.29 is 9.59 Å². The van der Waals surface area contributed by atoms with E-state index in [1.54, 1.807) is 7.05 Å². The summed E-state index contributed by atoms with van der Waals surface area (Å²) in [4.78, 5) is 31.3. The van der Waals surface area contributed by atoms with Gasteiger partial charge in [0.1, 0.15) is 0 Å². The van der Waals surface area contributed by atoms with E-state index in [0.717, 1.165) is 44.0 Å². The number of hydrogen-bond acceptors (Lipinski definition) is 4. The highest BCUT2D eigenvalue weighted by molar-refractivity contribution is 5.95. The van der Waals surface area contributed by atoms with E-state index in [4.69, 9.17) is 0 Å². The van der Waals surface area contributed by atoms with Crippen LogP contribution < -0.4 is 5.32 Å². The summed E-state index contributed by atoms with van der Waals surface area (Å²) < 4.78 is 0. The number of benzene rings is 2. The van der Waals surface area contributed by atoms with Crippen LogP contribution >= 0.6 is 0 Å². The van der Waals surface area contributed by atoms with E-state index in [-0.39, 0.29) is 24.4 Å². The van der Waals surface area contributed by atoms with E-state index < -0.39 is 0 Å². The highest BCUT2D eigenvalue weighted by atomic mass is 16.2. The van der Waals surface area contributed by atoms with Crippen molar-refractivity contribution in [3.05, 3.63) is 65.7 Å². The summed E-state index contributed by atoms with van der Waals surface area (Å²) >= 11 is 0. The molecule has 0 aromatic heterocycles. The van der Waals surface area contributed by atoms with Crippen molar-refractivity contribution in [2.45, 2.75) is 26.4 Å². The smallest absolute Gasteiger partial charge is 0.243 e. The van der Waals surface area contributed by atoms with Gasteiger partial charge in [-0.05, 0) is 31.5 Å². The molecule has 30 heavy (non-hydrogen) atoms. The van der Waals surface area contributed by atoms with Crippen molar-refractivity contribution in [2.75, 3.05) is 45.1 Å². The minimum Gasteiger partial charge on any atom is -0.335 e. The number of hydrogen-bond donors (Lipinski definition) is 1.